The molecule has 3 heterocycles. The van der Waals surface area contributed by atoms with E-state index in [4.69, 9.17) is 9.47 Å². The Bertz CT molecular complexity index is 806. The number of ether oxygens (including phenoxy) is 2. The monoisotopic (exact) mass is 424 g/mol. The number of aldehydes is 1. The van der Waals surface area contributed by atoms with Gasteiger partial charge in [0.1, 0.15) is 17.7 Å². The van der Waals surface area contributed by atoms with Gasteiger partial charge in [-0.2, -0.15) is 0 Å². The molecule has 3 fully saturated rings. The lowest BCUT2D eigenvalue weighted by atomic mass is 9.82. The second-order valence-corrected chi connectivity index (χ2v) is 8.39. The third-order valence-electron chi connectivity index (χ3n) is 5.79. The Balaban J connectivity index is 1.51. The van der Waals surface area contributed by atoms with Crippen molar-refractivity contribution in [2.24, 2.45) is 11.8 Å². The third-order valence-corrected chi connectivity index (χ3v) is 5.79. The highest BCUT2D eigenvalue weighted by Gasteiger charge is 2.47. The number of halogens is 2. The van der Waals surface area contributed by atoms with E-state index in [-0.39, 0.29) is 24.8 Å². The van der Waals surface area contributed by atoms with Gasteiger partial charge < -0.3 is 29.8 Å². The van der Waals surface area contributed by atoms with E-state index in [9.17, 15) is 18.4 Å². The third kappa shape index (κ3) is 4.24. The predicted molar refractivity (Wildman–Crippen MR) is 104 cm³/mol. The molecule has 1 saturated carbocycles. The standard InChI is InChI=1S/C20H26F2N4O4/c1-23-6-14(7-27)19(11-29-12-19)25-17(28)15-4-5-16(26-9-20(21,22)10-26)18(24-15)30-8-13-2-3-13/h4-5,7,13-14,23H,2-3,6,8-12H2,1H3,(H,25,28). The number of nitrogens with zero attached hydrogens (tertiary/aromatic N) is 2. The van der Waals surface area contributed by atoms with Crippen LogP contribution in [-0.4, -0.2) is 75.1 Å². The van der Waals surface area contributed by atoms with Crippen LogP contribution in [0.25, 0.3) is 0 Å². The Kier molecular flexibility index (Phi) is 5.63. The van der Waals surface area contributed by atoms with Crippen molar-refractivity contribution in [2.75, 3.05) is 51.4 Å². The summed E-state index contributed by atoms with van der Waals surface area (Å²) in [6.45, 7) is 0.517. The zero-order valence-corrected chi connectivity index (χ0v) is 16.8. The van der Waals surface area contributed by atoms with Crippen LogP contribution in [0.4, 0.5) is 14.5 Å². The topological polar surface area (TPSA) is 92.8 Å². The summed E-state index contributed by atoms with van der Waals surface area (Å²) in [4.78, 5) is 30.2. The maximum absolute atomic E-state index is 13.3. The maximum Gasteiger partial charge on any atom is 0.282 e. The van der Waals surface area contributed by atoms with Crippen LogP contribution in [-0.2, 0) is 9.53 Å². The van der Waals surface area contributed by atoms with Crippen LogP contribution in [0.3, 0.4) is 0 Å². The highest BCUT2D eigenvalue weighted by molar-refractivity contribution is 5.94. The van der Waals surface area contributed by atoms with E-state index < -0.39 is 36.4 Å². The number of pyridine rings is 1. The molecule has 1 unspecified atom stereocenters. The Morgan fingerprint density at radius 3 is 2.67 bits per heavy atom. The van der Waals surface area contributed by atoms with Crippen molar-refractivity contribution in [1.82, 2.24) is 15.6 Å². The van der Waals surface area contributed by atoms with Gasteiger partial charge in [0.25, 0.3) is 11.8 Å². The molecule has 0 bridgehead atoms. The molecule has 2 aliphatic heterocycles. The molecule has 1 aromatic heterocycles. The minimum atomic E-state index is -2.72. The fraction of sp³-hybridized carbons (Fsp3) is 0.650. The van der Waals surface area contributed by atoms with Crippen molar-refractivity contribution in [2.45, 2.75) is 24.3 Å². The van der Waals surface area contributed by atoms with Crippen LogP contribution in [0.5, 0.6) is 5.88 Å². The molecular formula is C20H26F2N4O4. The number of anilines is 1. The van der Waals surface area contributed by atoms with Crippen LogP contribution in [0.15, 0.2) is 12.1 Å². The fourth-order valence-electron chi connectivity index (χ4n) is 3.65. The van der Waals surface area contributed by atoms with Crippen LogP contribution in [0.1, 0.15) is 23.3 Å². The first kappa shape index (κ1) is 20.9. The molecule has 0 spiro atoms. The van der Waals surface area contributed by atoms with Gasteiger partial charge in [-0.3, -0.25) is 4.79 Å². The Morgan fingerprint density at radius 2 is 2.13 bits per heavy atom. The summed E-state index contributed by atoms with van der Waals surface area (Å²) in [7, 11) is 1.73. The van der Waals surface area contributed by atoms with Crippen LogP contribution >= 0.6 is 0 Å². The lowest BCUT2D eigenvalue weighted by Crippen LogP contribution is -2.68. The number of carbonyl (C=O) groups is 2. The molecule has 0 aromatic carbocycles. The maximum atomic E-state index is 13.3. The molecule has 3 aliphatic rings. The van der Waals surface area contributed by atoms with E-state index in [1.807, 2.05) is 0 Å². The van der Waals surface area contributed by atoms with Crippen LogP contribution in [0.2, 0.25) is 0 Å². The minimum absolute atomic E-state index is 0.109. The predicted octanol–water partition coefficient (Wildman–Crippen LogP) is 0.859. The Hall–Kier alpha value is -2.33. The molecule has 1 atom stereocenters. The van der Waals surface area contributed by atoms with E-state index in [0.717, 1.165) is 19.1 Å². The van der Waals surface area contributed by atoms with Gasteiger partial charge >= 0.3 is 0 Å². The van der Waals surface area contributed by atoms with Gasteiger partial charge in [-0.15, -0.1) is 0 Å². The second kappa shape index (κ2) is 8.07. The molecule has 30 heavy (non-hydrogen) atoms. The van der Waals surface area contributed by atoms with Crippen molar-refractivity contribution in [3.63, 3.8) is 0 Å². The lowest BCUT2D eigenvalue weighted by molar-refractivity contribution is -0.128. The second-order valence-electron chi connectivity index (χ2n) is 8.39. The molecule has 1 amide bonds. The highest BCUT2D eigenvalue weighted by Crippen LogP contribution is 2.38. The summed E-state index contributed by atoms with van der Waals surface area (Å²) in [5, 5.41) is 5.84. The highest BCUT2D eigenvalue weighted by atomic mass is 19.3. The molecule has 164 valence electrons. The van der Waals surface area contributed by atoms with Crippen molar-refractivity contribution < 1.29 is 27.8 Å². The number of hydrogen-bond donors (Lipinski definition) is 2. The van der Waals surface area contributed by atoms with E-state index in [1.54, 1.807) is 13.1 Å². The van der Waals surface area contributed by atoms with Gasteiger partial charge in [0.15, 0.2) is 0 Å². The Labute approximate surface area is 173 Å². The van der Waals surface area contributed by atoms with Crippen molar-refractivity contribution in [3.05, 3.63) is 17.8 Å². The van der Waals surface area contributed by atoms with Crippen molar-refractivity contribution in [3.8, 4) is 5.88 Å². The smallest absolute Gasteiger partial charge is 0.282 e. The Morgan fingerprint density at radius 1 is 1.40 bits per heavy atom. The summed E-state index contributed by atoms with van der Waals surface area (Å²) >= 11 is 0. The van der Waals surface area contributed by atoms with Gasteiger partial charge in [0.05, 0.1) is 44.4 Å². The van der Waals surface area contributed by atoms with E-state index >= 15 is 0 Å². The minimum Gasteiger partial charge on any atom is -0.476 e. The average Bonchev–Trinajstić information content (AvgIpc) is 3.50. The van der Waals surface area contributed by atoms with Crippen molar-refractivity contribution >= 4 is 17.9 Å². The normalized spacial score (nSPS) is 22.4. The SMILES string of the molecule is CNCC(C=O)C1(NC(=O)c2ccc(N3CC(F)(F)C3)c(OCC3CC3)n2)COC1. The van der Waals surface area contributed by atoms with Gasteiger partial charge in [0, 0.05) is 6.54 Å². The van der Waals surface area contributed by atoms with Crippen LogP contribution in [0, 0.1) is 11.8 Å². The average molecular weight is 424 g/mol. The first-order valence-corrected chi connectivity index (χ1v) is 10.1. The first-order chi connectivity index (χ1) is 14.4. The van der Waals surface area contributed by atoms with Crippen molar-refractivity contribution in [1.29, 1.82) is 0 Å². The quantitative estimate of drug-likeness (QED) is 0.538. The molecule has 4 rings (SSSR count). The molecule has 1 aromatic rings. The van der Waals surface area contributed by atoms with E-state index in [1.165, 1.54) is 11.0 Å². The lowest BCUT2D eigenvalue weighted by Gasteiger charge is -2.45. The van der Waals surface area contributed by atoms with Crippen LogP contribution < -0.4 is 20.3 Å². The van der Waals surface area contributed by atoms with Gasteiger partial charge in [-0.25, -0.2) is 13.8 Å². The first-order valence-electron chi connectivity index (χ1n) is 10.1. The van der Waals surface area contributed by atoms with E-state index in [2.05, 4.69) is 15.6 Å². The fourth-order valence-corrected chi connectivity index (χ4v) is 3.65. The molecule has 8 nitrogen and oxygen atoms in total. The number of amides is 1. The summed E-state index contributed by atoms with van der Waals surface area (Å²) in [5.41, 5.74) is -0.227. The summed E-state index contributed by atoms with van der Waals surface area (Å²) in [5.74, 6) is -3.00. The molecule has 1 aliphatic carbocycles. The number of rotatable bonds is 10. The zero-order valence-electron chi connectivity index (χ0n) is 16.8. The zero-order chi connectivity index (χ0) is 21.4. The summed E-state index contributed by atoms with van der Waals surface area (Å²) in [6.07, 6.45) is 2.95. The molecule has 10 heteroatoms. The van der Waals surface area contributed by atoms with E-state index in [0.29, 0.717) is 24.8 Å². The van der Waals surface area contributed by atoms with Gasteiger partial charge in [-0.1, -0.05) is 0 Å². The number of carbonyl (C=O) groups excluding carboxylic acids is 2. The number of nitrogens with one attached hydrogen (secondary N) is 2. The molecule has 2 N–H and O–H groups in total. The molecule has 0 radical (unpaired) electrons. The van der Waals surface area contributed by atoms with Gasteiger partial charge in [0.2, 0.25) is 5.88 Å². The largest absolute Gasteiger partial charge is 0.476 e. The molecular weight excluding hydrogens is 398 g/mol. The summed E-state index contributed by atoms with van der Waals surface area (Å²) in [6, 6.07) is 3.08. The number of aromatic nitrogens is 1. The summed E-state index contributed by atoms with van der Waals surface area (Å²) < 4.78 is 37.7. The molecule has 2 saturated heterocycles. The number of alkyl halides is 2. The number of hydrogen-bond acceptors (Lipinski definition) is 7. The van der Waals surface area contributed by atoms with Gasteiger partial charge in [-0.05, 0) is 37.9 Å².